The van der Waals surface area contributed by atoms with E-state index in [2.05, 4.69) is 6.92 Å². The fraction of sp³-hybridized carbons (Fsp3) is 1.00. The van der Waals surface area contributed by atoms with Crippen molar-refractivity contribution < 1.29 is 0 Å². The Balaban J connectivity index is 2.28. The quantitative estimate of drug-likeness (QED) is 0.653. The molecule has 0 aromatic rings. The summed E-state index contributed by atoms with van der Waals surface area (Å²) < 4.78 is 0.509. The van der Waals surface area contributed by atoms with Gasteiger partial charge in [0.1, 0.15) is 0 Å². The normalized spacial score (nSPS) is 23.3. The predicted molar refractivity (Wildman–Crippen MR) is 43.8 cm³/mol. The van der Waals surface area contributed by atoms with E-state index in [1.807, 2.05) is 11.8 Å². The molecule has 0 unspecified atom stereocenters. The van der Waals surface area contributed by atoms with Gasteiger partial charge in [0, 0.05) is 11.3 Å². The fourth-order valence-electron chi connectivity index (χ4n) is 1.28. The van der Waals surface area contributed by atoms with Crippen molar-refractivity contribution in [2.45, 2.75) is 30.9 Å². The lowest BCUT2D eigenvalue weighted by molar-refractivity contribution is 0.371. The molecule has 0 aliphatic heterocycles. The summed E-state index contributed by atoms with van der Waals surface area (Å²) in [4.78, 5) is 0. The lowest BCUT2D eigenvalue weighted by Gasteiger charge is -2.40. The second-order valence-corrected chi connectivity index (χ2v) is 4.41. The summed E-state index contributed by atoms with van der Waals surface area (Å²) in [6.07, 6.45) is 4.09. The first kappa shape index (κ1) is 7.42. The molecule has 0 bridgehead atoms. The minimum Gasteiger partial charge on any atom is -0.329 e. The van der Waals surface area contributed by atoms with Crippen LogP contribution in [0.5, 0.6) is 0 Å². The van der Waals surface area contributed by atoms with Gasteiger partial charge in [0.05, 0.1) is 0 Å². The van der Waals surface area contributed by atoms with Gasteiger partial charge in [0.15, 0.2) is 0 Å². The van der Waals surface area contributed by atoms with Crippen molar-refractivity contribution in [2.24, 2.45) is 5.73 Å². The minimum atomic E-state index is 0.509. The monoisotopic (exact) mass is 145 g/mol. The summed E-state index contributed by atoms with van der Waals surface area (Å²) in [5.41, 5.74) is 5.63. The van der Waals surface area contributed by atoms with Crippen molar-refractivity contribution in [3.8, 4) is 0 Å². The second kappa shape index (κ2) is 2.93. The summed E-state index contributed by atoms with van der Waals surface area (Å²) in [5, 5.41) is 0. The van der Waals surface area contributed by atoms with Gasteiger partial charge in [-0.25, -0.2) is 0 Å². The summed E-state index contributed by atoms with van der Waals surface area (Å²) >= 11 is 2.04. The molecule has 0 amide bonds. The summed E-state index contributed by atoms with van der Waals surface area (Å²) in [7, 11) is 0. The molecule has 2 N–H and O–H groups in total. The van der Waals surface area contributed by atoms with Crippen molar-refractivity contribution in [3.63, 3.8) is 0 Å². The van der Waals surface area contributed by atoms with Crippen molar-refractivity contribution in [2.75, 3.05) is 12.3 Å². The summed E-state index contributed by atoms with van der Waals surface area (Å²) in [6, 6.07) is 0. The van der Waals surface area contributed by atoms with Gasteiger partial charge in [-0.15, -0.1) is 0 Å². The van der Waals surface area contributed by atoms with Gasteiger partial charge in [-0.2, -0.15) is 11.8 Å². The fourth-order valence-corrected chi connectivity index (χ4v) is 2.59. The molecule has 1 nitrogen and oxygen atoms in total. The first-order valence-electron chi connectivity index (χ1n) is 3.67. The number of nitrogens with two attached hydrogens (primary N) is 1. The largest absolute Gasteiger partial charge is 0.329 e. The smallest absolute Gasteiger partial charge is 0.0282 e. The van der Waals surface area contributed by atoms with Gasteiger partial charge in [-0.3, -0.25) is 0 Å². The topological polar surface area (TPSA) is 26.0 Å². The molecule has 9 heavy (non-hydrogen) atoms. The third-order valence-electron chi connectivity index (χ3n) is 2.09. The molecular formula is C7H15NS. The van der Waals surface area contributed by atoms with Crippen molar-refractivity contribution in [1.82, 2.24) is 0 Å². The van der Waals surface area contributed by atoms with Crippen LogP contribution in [0.25, 0.3) is 0 Å². The highest BCUT2D eigenvalue weighted by Gasteiger charge is 2.34. The maximum Gasteiger partial charge on any atom is 0.0282 e. The van der Waals surface area contributed by atoms with Crippen LogP contribution in [-0.2, 0) is 0 Å². The van der Waals surface area contributed by atoms with Gasteiger partial charge >= 0.3 is 0 Å². The number of hydrogen-bond acceptors (Lipinski definition) is 2. The Morgan fingerprint density at radius 2 is 2.22 bits per heavy atom. The lowest BCUT2D eigenvalue weighted by Crippen LogP contribution is -2.41. The first-order valence-corrected chi connectivity index (χ1v) is 4.65. The van der Waals surface area contributed by atoms with Crippen LogP contribution in [0.2, 0.25) is 0 Å². The van der Waals surface area contributed by atoms with Crippen LogP contribution >= 0.6 is 11.8 Å². The Labute approximate surface area is 61.4 Å². The highest BCUT2D eigenvalue weighted by molar-refractivity contribution is 8.00. The van der Waals surface area contributed by atoms with E-state index in [1.54, 1.807) is 0 Å². The zero-order valence-electron chi connectivity index (χ0n) is 6.02. The molecule has 0 saturated heterocycles. The number of rotatable bonds is 3. The molecule has 1 aliphatic carbocycles. The Morgan fingerprint density at radius 1 is 1.56 bits per heavy atom. The highest BCUT2D eigenvalue weighted by atomic mass is 32.2. The molecule has 1 rings (SSSR count). The first-order chi connectivity index (χ1) is 4.33. The molecular weight excluding hydrogens is 130 g/mol. The molecule has 0 spiro atoms. The zero-order valence-corrected chi connectivity index (χ0v) is 6.84. The Morgan fingerprint density at radius 3 is 2.33 bits per heavy atom. The maximum atomic E-state index is 5.63. The lowest BCUT2D eigenvalue weighted by atomic mass is 9.84. The molecule has 0 heterocycles. The van der Waals surface area contributed by atoms with E-state index in [9.17, 15) is 0 Å². The van der Waals surface area contributed by atoms with Gasteiger partial charge in [0.25, 0.3) is 0 Å². The molecule has 0 aromatic carbocycles. The van der Waals surface area contributed by atoms with E-state index in [4.69, 9.17) is 5.73 Å². The van der Waals surface area contributed by atoms with Crippen LogP contribution in [0.15, 0.2) is 0 Å². The third kappa shape index (κ3) is 1.41. The van der Waals surface area contributed by atoms with Gasteiger partial charge < -0.3 is 5.73 Å². The highest BCUT2D eigenvalue weighted by Crippen LogP contribution is 2.42. The second-order valence-electron chi connectivity index (χ2n) is 2.67. The number of thioether (sulfide) groups is 1. The molecule has 0 aromatic heterocycles. The zero-order chi connectivity index (χ0) is 6.74. The minimum absolute atomic E-state index is 0.509. The van der Waals surface area contributed by atoms with Gasteiger partial charge in [-0.1, -0.05) is 13.3 Å². The SMILES string of the molecule is CCSC1(CN)CCC1. The molecule has 0 radical (unpaired) electrons. The maximum absolute atomic E-state index is 5.63. The molecule has 1 saturated carbocycles. The Hall–Kier alpha value is 0.310. The van der Waals surface area contributed by atoms with Crippen molar-refractivity contribution >= 4 is 11.8 Å². The van der Waals surface area contributed by atoms with E-state index in [0.29, 0.717) is 4.75 Å². The van der Waals surface area contributed by atoms with Gasteiger partial charge in [-0.05, 0) is 18.6 Å². The molecule has 2 heteroatoms. The van der Waals surface area contributed by atoms with E-state index < -0.39 is 0 Å². The van der Waals surface area contributed by atoms with Crippen LogP contribution in [0.1, 0.15) is 26.2 Å². The molecule has 1 aliphatic rings. The van der Waals surface area contributed by atoms with Crippen LogP contribution in [-0.4, -0.2) is 17.0 Å². The Bertz CT molecular complexity index is 83.4. The summed E-state index contributed by atoms with van der Waals surface area (Å²) in [6.45, 7) is 3.09. The van der Waals surface area contributed by atoms with Crippen LogP contribution in [0.3, 0.4) is 0 Å². The predicted octanol–water partition coefficient (Wildman–Crippen LogP) is 1.62. The average molecular weight is 145 g/mol. The van der Waals surface area contributed by atoms with Crippen LogP contribution < -0.4 is 5.73 Å². The number of hydrogen-bond donors (Lipinski definition) is 1. The van der Waals surface area contributed by atoms with Crippen molar-refractivity contribution in [3.05, 3.63) is 0 Å². The third-order valence-corrected chi connectivity index (χ3v) is 3.56. The van der Waals surface area contributed by atoms with E-state index >= 15 is 0 Å². The van der Waals surface area contributed by atoms with Crippen LogP contribution in [0.4, 0.5) is 0 Å². The standard InChI is InChI=1S/C7H15NS/c1-2-9-7(6-8)4-3-5-7/h2-6,8H2,1H3. The van der Waals surface area contributed by atoms with Crippen molar-refractivity contribution in [1.29, 1.82) is 0 Å². The van der Waals surface area contributed by atoms with Gasteiger partial charge in [0.2, 0.25) is 0 Å². The average Bonchev–Trinajstić information content (AvgIpc) is 1.79. The van der Waals surface area contributed by atoms with E-state index in [1.165, 1.54) is 25.0 Å². The molecule has 54 valence electrons. The van der Waals surface area contributed by atoms with E-state index in [-0.39, 0.29) is 0 Å². The van der Waals surface area contributed by atoms with E-state index in [0.717, 1.165) is 6.54 Å². The summed E-state index contributed by atoms with van der Waals surface area (Å²) in [5.74, 6) is 1.22. The van der Waals surface area contributed by atoms with Crippen LogP contribution in [0, 0.1) is 0 Å². The Kier molecular flexibility index (Phi) is 2.42. The molecule has 0 atom stereocenters. The molecule has 1 fully saturated rings.